The van der Waals surface area contributed by atoms with Crippen molar-refractivity contribution in [3.05, 3.63) is 34.6 Å². The summed E-state index contributed by atoms with van der Waals surface area (Å²) in [6.45, 7) is 0. The van der Waals surface area contributed by atoms with E-state index in [1.54, 1.807) is 0 Å². The highest BCUT2D eigenvalue weighted by molar-refractivity contribution is 9.10. The van der Waals surface area contributed by atoms with Gasteiger partial charge in [0.1, 0.15) is 0 Å². The van der Waals surface area contributed by atoms with E-state index in [1.807, 2.05) is 24.3 Å². The molecule has 2 unspecified atom stereocenters. The van der Waals surface area contributed by atoms with Crippen molar-refractivity contribution >= 4 is 15.9 Å². The summed E-state index contributed by atoms with van der Waals surface area (Å²) in [5.74, 6) is 2.12. The molecule has 5 heteroatoms. The van der Waals surface area contributed by atoms with Crippen LogP contribution in [0.1, 0.15) is 31.6 Å². The Bertz CT molecular complexity index is 630. The number of rotatable bonds is 3. The van der Waals surface area contributed by atoms with Crippen molar-refractivity contribution in [2.24, 2.45) is 5.92 Å². The van der Waals surface area contributed by atoms with Crippen molar-refractivity contribution in [3.63, 3.8) is 0 Å². The van der Waals surface area contributed by atoms with Gasteiger partial charge in [-0.3, -0.25) is 0 Å². The largest absolute Gasteiger partial charge is 0.339 e. The van der Waals surface area contributed by atoms with Gasteiger partial charge in [-0.25, -0.2) is 0 Å². The lowest BCUT2D eigenvalue weighted by molar-refractivity contribution is 0.270. The Morgan fingerprint density at radius 1 is 1.19 bits per heavy atom. The molecular weight excluding hydrogens is 330 g/mol. The second-order valence-electron chi connectivity index (χ2n) is 6.17. The highest BCUT2D eigenvalue weighted by Gasteiger charge is 2.34. The van der Waals surface area contributed by atoms with Gasteiger partial charge >= 0.3 is 0 Å². The molecule has 0 spiro atoms. The van der Waals surface area contributed by atoms with Crippen LogP contribution in [0.5, 0.6) is 0 Å². The van der Waals surface area contributed by atoms with Gasteiger partial charge in [0, 0.05) is 28.5 Å². The Hall–Kier alpha value is -1.20. The first-order chi connectivity index (χ1) is 10.3. The molecule has 2 bridgehead atoms. The fraction of sp³-hybridized carbons (Fsp3) is 0.500. The summed E-state index contributed by atoms with van der Waals surface area (Å²) in [6.07, 6.45) is 6.04. The number of hydrogen-bond acceptors (Lipinski definition) is 4. The average molecular weight is 348 g/mol. The number of benzene rings is 1. The first-order valence-corrected chi connectivity index (χ1v) is 8.41. The molecular formula is C16H18BrN3O. The summed E-state index contributed by atoms with van der Waals surface area (Å²) < 4.78 is 6.46. The highest BCUT2D eigenvalue weighted by Crippen LogP contribution is 2.33. The highest BCUT2D eigenvalue weighted by atomic mass is 79.9. The normalized spacial score (nSPS) is 28.0. The van der Waals surface area contributed by atoms with Gasteiger partial charge in [0.25, 0.3) is 0 Å². The van der Waals surface area contributed by atoms with Gasteiger partial charge in [-0.1, -0.05) is 33.2 Å². The molecule has 1 aromatic heterocycles. The maximum absolute atomic E-state index is 5.47. The molecule has 21 heavy (non-hydrogen) atoms. The summed E-state index contributed by atoms with van der Waals surface area (Å²) >= 11 is 3.53. The van der Waals surface area contributed by atoms with Crippen LogP contribution in [0.3, 0.4) is 0 Å². The van der Waals surface area contributed by atoms with E-state index in [9.17, 15) is 0 Å². The van der Waals surface area contributed by atoms with Crippen LogP contribution in [-0.4, -0.2) is 22.2 Å². The van der Waals surface area contributed by atoms with Crippen molar-refractivity contribution in [2.45, 2.75) is 44.2 Å². The third kappa shape index (κ3) is 2.77. The Kier molecular flexibility index (Phi) is 3.55. The minimum Gasteiger partial charge on any atom is -0.339 e. The number of fused-ring (bicyclic) bond motifs is 2. The topological polar surface area (TPSA) is 51.0 Å². The van der Waals surface area contributed by atoms with Crippen molar-refractivity contribution in [3.8, 4) is 11.4 Å². The zero-order valence-electron chi connectivity index (χ0n) is 11.8. The zero-order chi connectivity index (χ0) is 14.2. The van der Waals surface area contributed by atoms with Crippen LogP contribution in [0, 0.1) is 5.92 Å². The van der Waals surface area contributed by atoms with E-state index >= 15 is 0 Å². The molecule has 4 rings (SSSR count). The summed E-state index contributed by atoms with van der Waals surface area (Å²) in [5, 5.41) is 7.81. The molecule has 4 nitrogen and oxygen atoms in total. The van der Waals surface area contributed by atoms with Crippen LogP contribution in [-0.2, 0) is 6.42 Å². The second kappa shape index (κ2) is 5.54. The number of nitrogens with one attached hydrogen (secondary N) is 1. The Balaban J connectivity index is 1.49. The molecule has 110 valence electrons. The Morgan fingerprint density at radius 2 is 1.95 bits per heavy atom. The van der Waals surface area contributed by atoms with Gasteiger partial charge < -0.3 is 9.84 Å². The lowest BCUT2D eigenvalue weighted by Crippen LogP contribution is -2.38. The minimum absolute atomic E-state index is 0.675. The molecule has 0 saturated carbocycles. The predicted molar refractivity (Wildman–Crippen MR) is 83.8 cm³/mol. The van der Waals surface area contributed by atoms with Crippen LogP contribution in [0.2, 0.25) is 0 Å². The molecule has 0 radical (unpaired) electrons. The number of halogens is 1. The second-order valence-corrected chi connectivity index (χ2v) is 7.03. The van der Waals surface area contributed by atoms with Gasteiger partial charge in [0.2, 0.25) is 11.7 Å². The smallest absolute Gasteiger partial charge is 0.227 e. The third-order valence-corrected chi connectivity index (χ3v) is 5.31. The molecule has 2 fully saturated rings. The molecule has 3 heterocycles. The zero-order valence-corrected chi connectivity index (χ0v) is 13.3. The van der Waals surface area contributed by atoms with Gasteiger partial charge in [-0.2, -0.15) is 4.98 Å². The maximum Gasteiger partial charge on any atom is 0.227 e. The number of aromatic nitrogens is 2. The van der Waals surface area contributed by atoms with E-state index < -0.39 is 0 Å². The van der Waals surface area contributed by atoms with Crippen LogP contribution >= 0.6 is 15.9 Å². The predicted octanol–water partition coefficient (Wildman–Crippen LogP) is 3.57. The minimum atomic E-state index is 0.675. The third-order valence-electron chi connectivity index (χ3n) is 4.62. The maximum atomic E-state index is 5.47. The summed E-state index contributed by atoms with van der Waals surface area (Å²) in [6, 6.07) is 9.39. The average Bonchev–Trinajstić information content (AvgIpc) is 3.06. The monoisotopic (exact) mass is 347 g/mol. The fourth-order valence-corrected chi connectivity index (χ4v) is 4.14. The number of nitrogens with zero attached hydrogens (tertiary/aromatic N) is 2. The van der Waals surface area contributed by atoms with Crippen molar-refractivity contribution < 1.29 is 4.52 Å². The van der Waals surface area contributed by atoms with E-state index in [2.05, 4.69) is 31.4 Å². The summed E-state index contributed by atoms with van der Waals surface area (Å²) in [5.41, 5.74) is 0.984. The lowest BCUT2D eigenvalue weighted by atomic mass is 9.90. The van der Waals surface area contributed by atoms with Gasteiger partial charge in [0.15, 0.2) is 0 Å². The molecule has 2 aromatic rings. The first-order valence-electron chi connectivity index (χ1n) is 7.61. The van der Waals surface area contributed by atoms with Crippen LogP contribution in [0.15, 0.2) is 33.3 Å². The van der Waals surface area contributed by atoms with Crippen LogP contribution in [0.4, 0.5) is 0 Å². The quantitative estimate of drug-likeness (QED) is 0.921. The SMILES string of the molecule is Brc1ccccc1-c1noc(CC2CC3CCC(C2)N3)n1. The lowest BCUT2D eigenvalue weighted by Gasteiger charge is -2.27. The molecule has 0 amide bonds. The molecule has 1 aromatic carbocycles. The van der Waals surface area contributed by atoms with E-state index in [-0.39, 0.29) is 0 Å². The summed E-state index contributed by atoms with van der Waals surface area (Å²) in [4.78, 5) is 4.58. The van der Waals surface area contributed by atoms with Crippen molar-refractivity contribution in [2.75, 3.05) is 0 Å². The van der Waals surface area contributed by atoms with Gasteiger partial charge in [0.05, 0.1) is 0 Å². The Morgan fingerprint density at radius 3 is 2.71 bits per heavy atom. The fourth-order valence-electron chi connectivity index (χ4n) is 3.68. The van der Waals surface area contributed by atoms with E-state index in [4.69, 9.17) is 4.52 Å². The molecule has 2 aliphatic heterocycles. The van der Waals surface area contributed by atoms with Crippen molar-refractivity contribution in [1.82, 2.24) is 15.5 Å². The van der Waals surface area contributed by atoms with E-state index in [0.29, 0.717) is 23.8 Å². The Labute approximate surface area is 132 Å². The number of hydrogen-bond donors (Lipinski definition) is 1. The number of piperidine rings is 1. The van der Waals surface area contributed by atoms with Gasteiger partial charge in [-0.15, -0.1) is 0 Å². The van der Waals surface area contributed by atoms with Crippen LogP contribution in [0.25, 0.3) is 11.4 Å². The van der Waals surface area contributed by atoms with Crippen LogP contribution < -0.4 is 5.32 Å². The molecule has 2 aliphatic rings. The molecule has 1 N–H and O–H groups in total. The first kappa shape index (κ1) is 13.5. The standard InChI is InChI=1S/C16H18BrN3O/c17-14-4-2-1-3-13(14)16-19-15(21-20-16)9-10-7-11-5-6-12(8-10)18-11/h1-4,10-12,18H,5-9H2. The molecule has 2 atom stereocenters. The van der Waals surface area contributed by atoms with E-state index in [1.165, 1.54) is 25.7 Å². The van der Waals surface area contributed by atoms with Crippen molar-refractivity contribution in [1.29, 1.82) is 0 Å². The molecule has 0 aliphatic carbocycles. The van der Waals surface area contributed by atoms with E-state index in [0.717, 1.165) is 22.3 Å². The molecule has 2 saturated heterocycles. The summed E-state index contributed by atoms with van der Waals surface area (Å²) in [7, 11) is 0. The van der Waals surface area contributed by atoms with Gasteiger partial charge in [-0.05, 0) is 43.7 Å².